The summed E-state index contributed by atoms with van der Waals surface area (Å²) in [6, 6.07) is 15.2. The van der Waals surface area contributed by atoms with Crippen LogP contribution in [0.4, 0.5) is 5.69 Å². The molecule has 0 atom stereocenters. The lowest BCUT2D eigenvalue weighted by atomic mass is 9.93. The van der Waals surface area contributed by atoms with Gasteiger partial charge in [-0.15, -0.1) is 0 Å². The van der Waals surface area contributed by atoms with Crippen LogP contribution < -0.4 is 10.3 Å². The van der Waals surface area contributed by atoms with Gasteiger partial charge < -0.3 is 9.32 Å². The van der Waals surface area contributed by atoms with Gasteiger partial charge in [-0.25, -0.2) is 5.43 Å². The first-order chi connectivity index (χ1) is 15.9. The highest BCUT2D eigenvalue weighted by molar-refractivity contribution is 6.10. The SMILES string of the molecule is CCN(C(=O)c1oc2c(c1C)/C(=N/NC(=O)c1ccc(C)cc1)CCC2)c1cccc(C)c1. The Morgan fingerprint density at radius 3 is 2.48 bits per heavy atom. The topological polar surface area (TPSA) is 74.9 Å². The van der Waals surface area contributed by atoms with Gasteiger partial charge in [0.2, 0.25) is 0 Å². The molecule has 0 saturated carbocycles. The first kappa shape index (κ1) is 22.5. The van der Waals surface area contributed by atoms with Gasteiger partial charge in [-0.2, -0.15) is 5.10 Å². The third kappa shape index (κ3) is 4.60. The van der Waals surface area contributed by atoms with E-state index < -0.39 is 0 Å². The minimum atomic E-state index is -0.260. The van der Waals surface area contributed by atoms with Crippen molar-refractivity contribution in [3.05, 3.63) is 87.9 Å². The number of fused-ring (bicyclic) bond motifs is 1. The summed E-state index contributed by atoms with van der Waals surface area (Å²) in [6.07, 6.45) is 2.30. The average molecular weight is 444 g/mol. The van der Waals surface area contributed by atoms with Crippen LogP contribution in [0.15, 0.2) is 58.0 Å². The summed E-state index contributed by atoms with van der Waals surface area (Å²) >= 11 is 0. The molecule has 0 spiro atoms. The Morgan fingerprint density at radius 1 is 1.03 bits per heavy atom. The quantitative estimate of drug-likeness (QED) is 0.541. The Morgan fingerprint density at radius 2 is 1.79 bits per heavy atom. The van der Waals surface area contributed by atoms with Crippen LogP contribution >= 0.6 is 0 Å². The monoisotopic (exact) mass is 443 g/mol. The number of nitrogens with zero attached hydrogens (tertiary/aromatic N) is 2. The number of hydrogen-bond donors (Lipinski definition) is 1. The summed E-state index contributed by atoms with van der Waals surface area (Å²) < 4.78 is 6.08. The van der Waals surface area contributed by atoms with Crippen LogP contribution in [0.25, 0.3) is 0 Å². The molecular formula is C27H29N3O3. The number of nitrogens with one attached hydrogen (secondary N) is 1. The second kappa shape index (κ2) is 9.45. The van der Waals surface area contributed by atoms with Gasteiger partial charge >= 0.3 is 0 Å². The van der Waals surface area contributed by atoms with Gasteiger partial charge in [-0.05, 0) is 70.4 Å². The van der Waals surface area contributed by atoms with E-state index in [0.717, 1.165) is 52.3 Å². The molecule has 170 valence electrons. The standard InChI is InChI=1S/C27H29N3O3/c1-5-30(21-9-6-8-18(3)16-21)27(32)25-19(4)24-22(10-7-11-23(24)33-25)28-29-26(31)20-14-12-17(2)13-15-20/h6,8-9,12-16H,5,7,10-11H2,1-4H3,(H,29,31)/b28-22+. The van der Waals surface area contributed by atoms with E-state index in [0.29, 0.717) is 24.3 Å². The molecule has 0 aliphatic heterocycles. The van der Waals surface area contributed by atoms with Gasteiger partial charge in [-0.3, -0.25) is 9.59 Å². The van der Waals surface area contributed by atoms with E-state index in [4.69, 9.17) is 4.42 Å². The molecular weight excluding hydrogens is 414 g/mol. The van der Waals surface area contributed by atoms with Crippen molar-refractivity contribution in [1.29, 1.82) is 0 Å². The number of carbonyl (C=O) groups excluding carboxylic acids is 2. The molecule has 0 unspecified atom stereocenters. The number of furan rings is 1. The van der Waals surface area contributed by atoms with Crippen LogP contribution in [0.3, 0.4) is 0 Å². The lowest BCUT2D eigenvalue weighted by molar-refractivity contribution is 0.0949. The number of rotatable bonds is 5. The predicted octanol–water partition coefficient (Wildman–Crippen LogP) is 5.34. The van der Waals surface area contributed by atoms with Crippen LogP contribution in [0, 0.1) is 20.8 Å². The molecule has 1 aliphatic rings. The van der Waals surface area contributed by atoms with Gasteiger partial charge in [0.15, 0.2) is 5.76 Å². The van der Waals surface area contributed by atoms with Crippen molar-refractivity contribution in [1.82, 2.24) is 5.43 Å². The van der Waals surface area contributed by atoms with Crippen LogP contribution in [-0.2, 0) is 6.42 Å². The van der Waals surface area contributed by atoms with Gasteiger partial charge in [0.25, 0.3) is 11.8 Å². The molecule has 0 radical (unpaired) electrons. The Bertz CT molecular complexity index is 1220. The van der Waals surface area contributed by atoms with E-state index in [-0.39, 0.29) is 11.8 Å². The van der Waals surface area contributed by atoms with Crippen molar-refractivity contribution >= 4 is 23.2 Å². The molecule has 6 nitrogen and oxygen atoms in total. The van der Waals surface area contributed by atoms with Crippen molar-refractivity contribution in [2.24, 2.45) is 5.10 Å². The lowest BCUT2D eigenvalue weighted by Crippen LogP contribution is -2.31. The summed E-state index contributed by atoms with van der Waals surface area (Å²) in [4.78, 5) is 27.7. The van der Waals surface area contributed by atoms with Crippen LogP contribution in [0.5, 0.6) is 0 Å². The zero-order chi connectivity index (χ0) is 23.5. The van der Waals surface area contributed by atoms with Crippen molar-refractivity contribution in [3.63, 3.8) is 0 Å². The molecule has 33 heavy (non-hydrogen) atoms. The number of carbonyl (C=O) groups is 2. The average Bonchev–Trinajstić information content (AvgIpc) is 3.15. The normalized spacial score (nSPS) is 14.1. The molecule has 2 aromatic carbocycles. The second-order valence-corrected chi connectivity index (χ2v) is 8.46. The fourth-order valence-corrected chi connectivity index (χ4v) is 4.23. The van der Waals surface area contributed by atoms with Gasteiger partial charge in [-0.1, -0.05) is 29.8 Å². The van der Waals surface area contributed by atoms with E-state index in [1.54, 1.807) is 17.0 Å². The number of amides is 2. The summed E-state index contributed by atoms with van der Waals surface area (Å²) in [5.74, 6) is 0.662. The van der Waals surface area contributed by atoms with E-state index in [9.17, 15) is 9.59 Å². The van der Waals surface area contributed by atoms with Crippen molar-refractivity contribution in [2.45, 2.75) is 47.0 Å². The minimum absolute atomic E-state index is 0.168. The highest BCUT2D eigenvalue weighted by Gasteiger charge is 2.30. The van der Waals surface area contributed by atoms with Crippen LogP contribution in [-0.4, -0.2) is 24.1 Å². The summed E-state index contributed by atoms with van der Waals surface area (Å²) in [5.41, 5.74) is 8.61. The Balaban J connectivity index is 1.62. The molecule has 0 saturated heterocycles. The van der Waals surface area contributed by atoms with Crippen molar-refractivity contribution in [3.8, 4) is 0 Å². The van der Waals surface area contributed by atoms with Gasteiger partial charge in [0.1, 0.15) is 5.76 Å². The number of hydrazone groups is 1. The second-order valence-electron chi connectivity index (χ2n) is 8.46. The number of benzene rings is 2. The molecule has 2 amide bonds. The fraction of sp³-hybridized carbons (Fsp3) is 0.296. The highest BCUT2D eigenvalue weighted by Crippen LogP contribution is 2.31. The maximum absolute atomic E-state index is 13.4. The molecule has 6 heteroatoms. The summed E-state index contributed by atoms with van der Waals surface area (Å²) in [6.45, 7) is 8.35. The molecule has 3 aromatic rings. The van der Waals surface area contributed by atoms with Gasteiger partial charge in [0, 0.05) is 35.3 Å². The number of anilines is 1. The number of aryl methyl sites for hydroxylation is 3. The van der Waals surface area contributed by atoms with E-state index in [1.165, 1.54) is 0 Å². The third-order valence-corrected chi connectivity index (χ3v) is 6.00. The molecule has 1 aromatic heterocycles. The van der Waals surface area contributed by atoms with Crippen molar-refractivity contribution < 1.29 is 14.0 Å². The van der Waals surface area contributed by atoms with Crippen LogP contribution in [0.2, 0.25) is 0 Å². The predicted molar refractivity (Wildman–Crippen MR) is 130 cm³/mol. The molecule has 1 N–H and O–H groups in total. The van der Waals surface area contributed by atoms with E-state index >= 15 is 0 Å². The smallest absolute Gasteiger partial charge is 0.294 e. The Hall–Kier alpha value is -3.67. The molecule has 1 heterocycles. The Labute approximate surface area is 194 Å². The van der Waals surface area contributed by atoms with Gasteiger partial charge in [0.05, 0.1) is 5.71 Å². The Kier molecular flexibility index (Phi) is 6.45. The summed E-state index contributed by atoms with van der Waals surface area (Å²) in [5, 5.41) is 4.42. The summed E-state index contributed by atoms with van der Waals surface area (Å²) in [7, 11) is 0. The zero-order valence-electron chi connectivity index (χ0n) is 19.6. The van der Waals surface area contributed by atoms with E-state index in [1.807, 2.05) is 64.1 Å². The number of hydrogen-bond acceptors (Lipinski definition) is 4. The highest BCUT2D eigenvalue weighted by atomic mass is 16.4. The zero-order valence-corrected chi connectivity index (χ0v) is 19.6. The molecule has 0 fully saturated rings. The minimum Gasteiger partial charge on any atom is -0.455 e. The molecule has 4 rings (SSSR count). The largest absolute Gasteiger partial charge is 0.455 e. The molecule has 0 bridgehead atoms. The lowest BCUT2D eigenvalue weighted by Gasteiger charge is -2.20. The van der Waals surface area contributed by atoms with Crippen molar-refractivity contribution in [2.75, 3.05) is 11.4 Å². The molecule has 1 aliphatic carbocycles. The maximum Gasteiger partial charge on any atom is 0.294 e. The maximum atomic E-state index is 13.4. The first-order valence-corrected chi connectivity index (χ1v) is 11.3. The third-order valence-electron chi connectivity index (χ3n) is 6.00. The first-order valence-electron chi connectivity index (χ1n) is 11.3. The van der Waals surface area contributed by atoms with Crippen LogP contribution in [0.1, 0.15) is 68.7 Å². The van der Waals surface area contributed by atoms with E-state index in [2.05, 4.69) is 10.5 Å². The fourth-order valence-electron chi connectivity index (χ4n) is 4.23.